The molecule has 0 aliphatic rings. The Morgan fingerprint density at radius 2 is 2.05 bits per heavy atom. The Balaban J connectivity index is 2.18. The molecule has 0 saturated heterocycles. The standard InChI is InChI=1S/C15H19N3O/c1-11-10-18(17-12(11)2)13(3)16-9-14-7-5-6-8-15(14)19-4/h5-8,10H,9H2,1-4H3. The Kier molecular flexibility index (Phi) is 4.00. The fourth-order valence-electron chi connectivity index (χ4n) is 1.82. The number of aromatic nitrogens is 2. The van der Waals surface area contributed by atoms with Crippen LogP contribution in [0, 0.1) is 13.8 Å². The topological polar surface area (TPSA) is 39.4 Å². The molecule has 0 aliphatic carbocycles. The predicted molar refractivity (Wildman–Crippen MR) is 76.9 cm³/mol. The summed E-state index contributed by atoms with van der Waals surface area (Å²) in [5.41, 5.74) is 3.28. The van der Waals surface area contributed by atoms with Gasteiger partial charge < -0.3 is 4.74 Å². The SMILES string of the molecule is COc1ccccc1CN=C(C)n1cc(C)c(C)n1. The zero-order valence-corrected chi connectivity index (χ0v) is 11.8. The quantitative estimate of drug-likeness (QED) is 0.626. The molecule has 0 bridgehead atoms. The molecule has 100 valence electrons. The second-order valence-electron chi connectivity index (χ2n) is 4.52. The van der Waals surface area contributed by atoms with Crippen molar-refractivity contribution >= 4 is 5.84 Å². The van der Waals surface area contributed by atoms with Crippen molar-refractivity contribution in [2.75, 3.05) is 7.11 Å². The molecular weight excluding hydrogens is 238 g/mol. The average molecular weight is 257 g/mol. The summed E-state index contributed by atoms with van der Waals surface area (Å²) < 4.78 is 7.13. The molecule has 0 amide bonds. The Labute approximate surface area is 113 Å². The molecule has 0 fully saturated rings. The molecule has 0 aliphatic heterocycles. The lowest BCUT2D eigenvalue weighted by Gasteiger charge is -2.06. The van der Waals surface area contributed by atoms with Crippen LogP contribution in [0.2, 0.25) is 0 Å². The van der Waals surface area contributed by atoms with E-state index in [0.29, 0.717) is 6.54 Å². The molecule has 2 aromatic rings. The fraction of sp³-hybridized carbons (Fsp3) is 0.333. The summed E-state index contributed by atoms with van der Waals surface area (Å²) in [4.78, 5) is 4.56. The van der Waals surface area contributed by atoms with Crippen molar-refractivity contribution in [3.05, 3.63) is 47.3 Å². The number of benzene rings is 1. The van der Waals surface area contributed by atoms with Crippen LogP contribution in [0.3, 0.4) is 0 Å². The van der Waals surface area contributed by atoms with E-state index >= 15 is 0 Å². The lowest BCUT2D eigenvalue weighted by molar-refractivity contribution is 0.410. The van der Waals surface area contributed by atoms with Crippen molar-refractivity contribution in [3.63, 3.8) is 0 Å². The highest BCUT2D eigenvalue weighted by atomic mass is 16.5. The van der Waals surface area contributed by atoms with Gasteiger partial charge in [-0.3, -0.25) is 4.99 Å². The van der Waals surface area contributed by atoms with E-state index in [9.17, 15) is 0 Å². The van der Waals surface area contributed by atoms with Crippen molar-refractivity contribution in [2.24, 2.45) is 4.99 Å². The van der Waals surface area contributed by atoms with Gasteiger partial charge in [-0.05, 0) is 32.4 Å². The highest BCUT2D eigenvalue weighted by Crippen LogP contribution is 2.18. The second kappa shape index (κ2) is 5.69. The largest absolute Gasteiger partial charge is 0.496 e. The van der Waals surface area contributed by atoms with Crippen LogP contribution in [0.4, 0.5) is 0 Å². The molecule has 0 atom stereocenters. The van der Waals surface area contributed by atoms with Gasteiger partial charge in [0.15, 0.2) is 0 Å². The molecule has 1 heterocycles. The number of aliphatic imine (C=N–C) groups is 1. The van der Waals surface area contributed by atoms with Crippen LogP contribution in [0.15, 0.2) is 35.5 Å². The van der Waals surface area contributed by atoms with Gasteiger partial charge in [0.1, 0.15) is 11.6 Å². The summed E-state index contributed by atoms with van der Waals surface area (Å²) >= 11 is 0. The van der Waals surface area contributed by atoms with Crippen molar-refractivity contribution in [1.29, 1.82) is 0 Å². The van der Waals surface area contributed by atoms with Crippen molar-refractivity contribution in [2.45, 2.75) is 27.3 Å². The zero-order valence-electron chi connectivity index (χ0n) is 11.8. The minimum absolute atomic E-state index is 0.591. The van der Waals surface area contributed by atoms with Gasteiger partial charge in [0.05, 0.1) is 19.3 Å². The van der Waals surface area contributed by atoms with Gasteiger partial charge in [-0.1, -0.05) is 18.2 Å². The zero-order chi connectivity index (χ0) is 13.8. The summed E-state index contributed by atoms with van der Waals surface area (Å²) in [6.07, 6.45) is 2.00. The van der Waals surface area contributed by atoms with Crippen LogP contribution < -0.4 is 4.74 Å². The van der Waals surface area contributed by atoms with Gasteiger partial charge >= 0.3 is 0 Å². The third-order valence-electron chi connectivity index (χ3n) is 3.15. The number of methoxy groups -OCH3 is 1. The summed E-state index contributed by atoms with van der Waals surface area (Å²) in [6, 6.07) is 7.92. The van der Waals surface area contributed by atoms with Crippen LogP contribution in [-0.2, 0) is 6.54 Å². The van der Waals surface area contributed by atoms with Crippen molar-refractivity contribution < 1.29 is 4.74 Å². The molecule has 0 unspecified atom stereocenters. The monoisotopic (exact) mass is 257 g/mol. The number of hydrogen-bond acceptors (Lipinski definition) is 3. The third kappa shape index (κ3) is 3.02. The van der Waals surface area contributed by atoms with Crippen LogP contribution in [-0.4, -0.2) is 22.7 Å². The molecule has 1 aromatic heterocycles. The van der Waals surface area contributed by atoms with Gasteiger partial charge in [0, 0.05) is 11.8 Å². The summed E-state index contributed by atoms with van der Waals surface area (Å²) in [5, 5.41) is 4.42. The van der Waals surface area contributed by atoms with E-state index in [4.69, 9.17) is 4.74 Å². The van der Waals surface area contributed by atoms with Gasteiger partial charge in [0.2, 0.25) is 0 Å². The molecule has 2 rings (SSSR count). The van der Waals surface area contributed by atoms with E-state index in [1.54, 1.807) is 7.11 Å². The molecule has 0 radical (unpaired) electrons. The fourth-order valence-corrected chi connectivity index (χ4v) is 1.82. The van der Waals surface area contributed by atoms with Gasteiger partial charge in [-0.15, -0.1) is 0 Å². The Bertz CT molecular complexity index is 580. The first-order valence-corrected chi connectivity index (χ1v) is 6.28. The predicted octanol–water partition coefficient (Wildman–Crippen LogP) is 2.98. The van der Waals surface area contributed by atoms with Crippen LogP contribution in [0.5, 0.6) is 5.75 Å². The van der Waals surface area contributed by atoms with E-state index in [-0.39, 0.29) is 0 Å². The molecular formula is C15H19N3O. The number of hydrogen-bond donors (Lipinski definition) is 0. The minimum Gasteiger partial charge on any atom is -0.496 e. The van der Waals surface area contributed by atoms with Crippen LogP contribution >= 0.6 is 0 Å². The lowest BCUT2D eigenvalue weighted by atomic mass is 10.2. The maximum Gasteiger partial charge on any atom is 0.123 e. The molecule has 1 aromatic carbocycles. The molecule has 4 nitrogen and oxygen atoms in total. The van der Waals surface area contributed by atoms with Crippen molar-refractivity contribution in [1.82, 2.24) is 9.78 Å². The maximum absolute atomic E-state index is 5.31. The summed E-state index contributed by atoms with van der Waals surface area (Å²) in [6.45, 7) is 6.60. The number of rotatable bonds is 3. The summed E-state index contributed by atoms with van der Waals surface area (Å²) in [5.74, 6) is 1.74. The first-order valence-electron chi connectivity index (χ1n) is 6.28. The van der Waals surface area contributed by atoms with E-state index < -0.39 is 0 Å². The van der Waals surface area contributed by atoms with Crippen molar-refractivity contribution in [3.8, 4) is 5.75 Å². The highest BCUT2D eigenvalue weighted by Gasteiger charge is 2.04. The van der Waals surface area contributed by atoms with E-state index in [2.05, 4.69) is 10.1 Å². The van der Waals surface area contributed by atoms with Crippen LogP contribution in [0.1, 0.15) is 23.7 Å². The molecule has 0 spiro atoms. The third-order valence-corrected chi connectivity index (χ3v) is 3.15. The van der Waals surface area contributed by atoms with Gasteiger partial charge in [-0.25, -0.2) is 4.68 Å². The summed E-state index contributed by atoms with van der Waals surface area (Å²) in [7, 11) is 1.68. The molecule has 0 N–H and O–H groups in total. The number of para-hydroxylation sites is 1. The number of aryl methyl sites for hydroxylation is 2. The van der Waals surface area contributed by atoms with Crippen LogP contribution in [0.25, 0.3) is 0 Å². The maximum atomic E-state index is 5.31. The first-order chi connectivity index (χ1) is 9.11. The smallest absolute Gasteiger partial charge is 0.123 e. The average Bonchev–Trinajstić information content (AvgIpc) is 2.76. The van der Waals surface area contributed by atoms with E-state index in [0.717, 1.165) is 22.8 Å². The highest BCUT2D eigenvalue weighted by molar-refractivity contribution is 5.81. The van der Waals surface area contributed by atoms with E-state index in [1.165, 1.54) is 5.56 Å². The second-order valence-corrected chi connectivity index (χ2v) is 4.52. The minimum atomic E-state index is 0.591. The first kappa shape index (κ1) is 13.3. The Morgan fingerprint density at radius 1 is 1.32 bits per heavy atom. The lowest BCUT2D eigenvalue weighted by Crippen LogP contribution is -2.08. The number of nitrogens with zero attached hydrogens (tertiary/aromatic N) is 3. The van der Waals surface area contributed by atoms with Gasteiger partial charge in [-0.2, -0.15) is 5.10 Å². The molecule has 0 saturated carbocycles. The molecule has 4 heteroatoms. The Morgan fingerprint density at radius 3 is 2.68 bits per heavy atom. The molecule has 19 heavy (non-hydrogen) atoms. The number of ether oxygens (including phenoxy) is 1. The van der Waals surface area contributed by atoms with E-state index in [1.807, 2.05) is 55.9 Å². The normalized spacial score (nSPS) is 11.7. The Hall–Kier alpha value is -2.10. The van der Waals surface area contributed by atoms with Gasteiger partial charge in [0.25, 0.3) is 0 Å².